The van der Waals surface area contributed by atoms with E-state index in [1.54, 1.807) is 0 Å². The van der Waals surface area contributed by atoms with Crippen LogP contribution in [-0.2, 0) is 19.3 Å². The van der Waals surface area contributed by atoms with Crippen LogP contribution in [0.15, 0.2) is 0 Å². The number of fused-ring (bicyclic) bond motifs is 1. The normalized spacial score (nSPS) is 13.9. The molecule has 0 atom stereocenters. The lowest BCUT2D eigenvalue weighted by molar-refractivity contribution is 0.813. The van der Waals surface area contributed by atoms with Crippen molar-refractivity contribution in [2.45, 2.75) is 52.4 Å². The Balaban J connectivity index is 2.25. The van der Waals surface area contributed by atoms with Gasteiger partial charge < -0.3 is 5.32 Å². The van der Waals surface area contributed by atoms with Gasteiger partial charge in [0, 0.05) is 24.2 Å². The van der Waals surface area contributed by atoms with Gasteiger partial charge in [0.25, 0.3) is 0 Å². The molecule has 0 unspecified atom stereocenters. The second-order valence-electron chi connectivity index (χ2n) is 4.44. The summed E-state index contributed by atoms with van der Waals surface area (Å²) in [5.41, 5.74) is 2.66. The van der Waals surface area contributed by atoms with E-state index in [0.717, 1.165) is 50.3 Å². The number of hydrogen-bond donors (Lipinski definition) is 1. The minimum absolute atomic E-state index is 0.994. The average Bonchev–Trinajstić information content (AvgIpc) is 2.74. The molecule has 88 valence electrons. The highest BCUT2D eigenvalue weighted by atomic mass is 15.0. The summed E-state index contributed by atoms with van der Waals surface area (Å²) in [5.74, 6) is 2.12. The first-order chi connectivity index (χ1) is 7.85. The Morgan fingerprint density at radius 2 is 2.00 bits per heavy atom. The van der Waals surface area contributed by atoms with E-state index in [0.29, 0.717) is 0 Å². The van der Waals surface area contributed by atoms with Gasteiger partial charge in [-0.15, -0.1) is 0 Å². The average molecular weight is 219 g/mol. The first-order valence-electron chi connectivity index (χ1n) is 6.47. The highest BCUT2D eigenvalue weighted by Gasteiger charge is 2.18. The number of nitrogens with zero attached hydrogens (tertiary/aromatic N) is 2. The van der Waals surface area contributed by atoms with Gasteiger partial charge in [0.1, 0.15) is 11.6 Å². The van der Waals surface area contributed by atoms with Crippen molar-refractivity contribution in [1.82, 2.24) is 9.97 Å². The van der Waals surface area contributed by atoms with E-state index >= 15 is 0 Å². The summed E-state index contributed by atoms with van der Waals surface area (Å²) in [6, 6.07) is 0. The van der Waals surface area contributed by atoms with Crippen molar-refractivity contribution in [1.29, 1.82) is 0 Å². The molecule has 0 radical (unpaired) electrons. The first-order valence-corrected chi connectivity index (χ1v) is 6.47. The molecule has 1 N–H and O–H groups in total. The minimum Gasteiger partial charge on any atom is -0.370 e. The molecule has 1 aliphatic rings. The van der Waals surface area contributed by atoms with E-state index in [9.17, 15) is 0 Å². The van der Waals surface area contributed by atoms with Crippen LogP contribution in [-0.4, -0.2) is 16.5 Å². The molecule has 1 aromatic rings. The molecule has 0 spiro atoms. The summed E-state index contributed by atoms with van der Waals surface area (Å²) in [6.45, 7) is 5.37. The summed E-state index contributed by atoms with van der Waals surface area (Å²) in [4.78, 5) is 9.31. The van der Waals surface area contributed by atoms with Crippen LogP contribution >= 0.6 is 0 Å². The molecule has 2 rings (SSSR count). The van der Waals surface area contributed by atoms with Crippen LogP contribution in [0, 0.1) is 0 Å². The molecule has 0 aromatic carbocycles. The Hall–Kier alpha value is -1.12. The van der Waals surface area contributed by atoms with Crippen molar-refractivity contribution in [3.05, 3.63) is 17.1 Å². The summed E-state index contributed by atoms with van der Waals surface area (Å²) in [5, 5.41) is 3.44. The number of nitrogens with one attached hydrogen (secondary N) is 1. The smallest absolute Gasteiger partial charge is 0.133 e. The molecule has 3 heteroatoms. The second kappa shape index (κ2) is 5.28. The molecular formula is C13H21N3. The van der Waals surface area contributed by atoms with Crippen molar-refractivity contribution < 1.29 is 0 Å². The lowest BCUT2D eigenvalue weighted by Crippen LogP contribution is -2.09. The molecule has 0 aliphatic heterocycles. The molecule has 0 fully saturated rings. The van der Waals surface area contributed by atoms with Crippen LogP contribution < -0.4 is 5.32 Å². The van der Waals surface area contributed by atoms with Crippen molar-refractivity contribution in [2.24, 2.45) is 0 Å². The maximum Gasteiger partial charge on any atom is 0.133 e. The van der Waals surface area contributed by atoms with Crippen LogP contribution in [0.4, 0.5) is 5.82 Å². The zero-order chi connectivity index (χ0) is 11.4. The summed E-state index contributed by atoms with van der Waals surface area (Å²) in [7, 11) is 0. The fourth-order valence-corrected chi connectivity index (χ4v) is 2.21. The topological polar surface area (TPSA) is 37.8 Å². The summed E-state index contributed by atoms with van der Waals surface area (Å²) < 4.78 is 0. The summed E-state index contributed by atoms with van der Waals surface area (Å²) >= 11 is 0. The Morgan fingerprint density at radius 1 is 1.12 bits per heavy atom. The van der Waals surface area contributed by atoms with Gasteiger partial charge >= 0.3 is 0 Å². The van der Waals surface area contributed by atoms with Crippen molar-refractivity contribution in [3.63, 3.8) is 0 Å². The first kappa shape index (κ1) is 11.4. The molecule has 1 aromatic heterocycles. The highest BCUT2D eigenvalue weighted by Crippen LogP contribution is 2.26. The van der Waals surface area contributed by atoms with Gasteiger partial charge in [-0.3, -0.25) is 0 Å². The Kier molecular flexibility index (Phi) is 3.75. The molecule has 16 heavy (non-hydrogen) atoms. The zero-order valence-corrected chi connectivity index (χ0v) is 10.3. The SMILES string of the molecule is CCCNc1nc(CCC)nc2c1CCC2. The number of aromatic nitrogens is 2. The van der Waals surface area contributed by atoms with Crippen LogP contribution in [0.3, 0.4) is 0 Å². The third-order valence-corrected chi connectivity index (χ3v) is 3.00. The van der Waals surface area contributed by atoms with Crippen molar-refractivity contribution in [3.8, 4) is 0 Å². The van der Waals surface area contributed by atoms with Gasteiger partial charge in [0.05, 0.1) is 0 Å². The maximum absolute atomic E-state index is 4.66. The number of anilines is 1. The maximum atomic E-state index is 4.66. The van der Waals surface area contributed by atoms with Gasteiger partial charge in [0.15, 0.2) is 0 Å². The fourth-order valence-electron chi connectivity index (χ4n) is 2.21. The monoisotopic (exact) mass is 219 g/mol. The van der Waals surface area contributed by atoms with E-state index in [-0.39, 0.29) is 0 Å². The van der Waals surface area contributed by atoms with Gasteiger partial charge in [-0.05, 0) is 32.1 Å². The quantitative estimate of drug-likeness (QED) is 0.827. The second-order valence-corrected chi connectivity index (χ2v) is 4.44. The fraction of sp³-hybridized carbons (Fsp3) is 0.692. The van der Waals surface area contributed by atoms with Crippen LogP contribution in [0.2, 0.25) is 0 Å². The Bertz CT molecular complexity index is 360. The molecule has 0 saturated heterocycles. The third kappa shape index (κ3) is 2.34. The number of rotatable bonds is 5. The van der Waals surface area contributed by atoms with E-state index in [1.165, 1.54) is 17.7 Å². The Morgan fingerprint density at radius 3 is 2.75 bits per heavy atom. The lowest BCUT2D eigenvalue weighted by Gasteiger charge is -2.11. The largest absolute Gasteiger partial charge is 0.370 e. The van der Waals surface area contributed by atoms with Gasteiger partial charge in [-0.2, -0.15) is 0 Å². The van der Waals surface area contributed by atoms with Gasteiger partial charge in [-0.1, -0.05) is 13.8 Å². The minimum atomic E-state index is 0.994. The summed E-state index contributed by atoms with van der Waals surface area (Å²) in [6.07, 6.45) is 6.77. The van der Waals surface area contributed by atoms with Crippen LogP contribution in [0.5, 0.6) is 0 Å². The predicted molar refractivity (Wildman–Crippen MR) is 66.8 cm³/mol. The van der Waals surface area contributed by atoms with Gasteiger partial charge in [-0.25, -0.2) is 9.97 Å². The molecule has 0 bridgehead atoms. The third-order valence-electron chi connectivity index (χ3n) is 3.00. The van der Waals surface area contributed by atoms with Gasteiger partial charge in [0.2, 0.25) is 0 Å². The lowest BCUT2D eigenvalue weighted by atomic mass is 10.2. The van der Waals surface area contributed by atoms with E-state index in [1.807, 2.05) is 0 Å². The molecule has 0 saturated carbocycles. The number of hydrogen-bond acceptors (Lipinski definition) is 3. The molecule has 1 heterocycles. The van der Waals surface area contributed by atoms with Crippen molar-refractivity contribution in [2.75, 3.05) is 11.9 Å². The number of aryl methyl sites for hydroxylation is 2. The standard InChI is InChI=1S/C13H21N3/c1-3-6-12-15-11-8-5-7-10(11)13(16-12)14-9-4-2/h3-9H2,1-2H3,(H,14,15,16). The Labute approximate surface area is 97.7 Å². The van der Waals surface area contributed by atoms with E-state index in [4.69, 9.17) is 0 Å². The van der Waals surface area contributed by atoms with Crippen LogP contribution in [0.1, 0.15) is 50.2 Å². The predicted octanol–water partition coefficient (Wildman–Crippen LogP) is 2.74. The molecule has 0 amide bonds. The highest BCUT2D eigenvalue weighted by molar-refractivity contribution is 5.48. The van der Waals surface area contributed by atoms with E-state index < -0.39 is 0 Å². The van der Waals surface area contributed by atoms with Crippen LogP contribution in [0.25, 0.3) is 0 Å². The van der Waals surface area contributed by atoms with E-state index in [2.05, 4.69) is 29.1 Å². The molecule has 3 nitrogen and oxygen atoms in total. The van der Waals surface area contributed by atoms with Crippen molar-refractivity contribution >= 4 is 5.82 Å². The molecule has 1 aliphatic carbocycles. The zero-order valence-electron chi connectivity index (χ0n) is 10.3. The molecular weight excluding hydrogens is 198 g/mol.